The largest absolute Gasteiger partial charge is 0.253 e. The molecule has 0 radical (unpaired) electrons. The van der Waals surface area contributed by atoms with Crippen LogP contribution < -0.4 is 5.43 Å². The van der Waals surface area contributed by atoms with Crippen LogP contribution in [0, 0.1) is 0 Å². The molecule has 3 nitrogen and oxygen atoms in total. The SMILES string of the molecule is Brc1ccc(C=NNc2nc(-c3ccc(Br)cc3)cs2)cc1. The predicted molar refractivity (Wildman–Crippen MR) is 101 cm³/mol. The Bertz CT molecular complexity index is 780. The van der Waals surface area contributed by atoms with Gasteiger partial charge in [0.25, 0.3) is 0 Å². The van der Waals surface area contributed by atoms with E-state index in [-0.39, 0.29) is 0 Å². The molecule has 1 heterocycles. The average Bonchev–Trinajstić information content (AvgIpc) is 2.99. The highest BCUT2D eigenvalue weighted by molar-refractivity contribution is 9.10. The first-order valence-corrected chi connectivity index (χ1v) is 8.93. The molecule has 22 heavy (non-hydrogen) atoms. The van der Waals surface area contributed by atoms with Crippen LogP contribution in [0.15, 0.2) is 68.0 Å². The standard InChI is InChI=1S/C16H11Br2N3S/c17-13-5-1-11(2-6-13)9-19-21-16-20-15(10-22-16)12-3-7-14(18)8-4-12/h1-10H,(H,20,21). The molecule has 0 fully saturated rings. The Balaban J connectivity index is 1.66. The molecule has 0 aliphatic carbocycles. The fourth-order valence-corrected chi connectivity index (χ4v) is 2.99. The molecule has 3 aromatic rings. The highest BCUT2D eigenvalue weighted by Crippen LogP contribution is 2.26. The fraction of sp³-hybridized carbons (Fsp3) is 0. The van der Waals surface area contributed by atoms with Gasteiger partial charge in [-0.05, 0) is 29.8 Å². The van der Waals surface area contributed by atoms with Crippen molar-refractivity contribution in [2.24, 2.45) is 5.10 Å². The lowest BCUT2D eigenvalue weighted by molar-refractivity contribution is 1.29. The van der Waals surface area contributed by atoms with Gasteiger partial charge in [-0.1, -0.05) is 56.1 Å². The van der Waals surface area contributed by atoms with Crippen LogP contribution in [-0.2, 0) is 0 Å². The predicted octanol–water partition coefficient (Wildman–Crippen LogP) is 5.78. The number of hydrogen-bond acceptors (Lipinski definition) is 4. The van der Waals surface area contributed by atoms with Crippen LogP contribution >= 0.6 is 43.2 Å². The molecule has 0 unspecified atom stereocenters. The molecule has 0 bridgehead atoms. The number of rotatable bonds is 4. The minimum absolute atomic E-state index is 0.770. The topological polar surface area (TPSA) is 37.3 Å². The summed E-state index contributed by atoms with van der Waals surface area (Å²) in [6.45, 7) is 0. The third-order valence-corrected chi connectivity index (χ3v) is 4.69. The van der Waals surface area contributed by atoms with E-state index >= 15 is 0 Å². The molecule has 6 heteroatoms. The van der Waals surface area contributed by atoms with Crippen LogP contribution in [0.25, 0.3) is 11.3 Å². The second-order valence-corrected chi connectivity index (χ2v) is 7.16. The van der Waals surface area contributed by atoms with Gasteiger partial charge in [0.05, 0.1) is 11.9 Å². The highest BCUT2D eigenvalue weighted by atomic mass is 79.9. The lowest BCUT2D eigenvalue weighted by Gasteiger charge is -1.97. The maximum absolute atomic E-state index is 4.53. The lowest BCUT2D eigenvalue weighted by Crippen LogP contribution is -1.90. The maximum Gasteiger partial charge on any atom is 0.203 e. The van der Waals surface area contributed by atoms with Gasteiger partial charge in [-0.15, -0.1) is 11.3 Å². The van der Waals surface area contributed by atoms with Crippen LogP contribution in [0.4, 0.5) is 5.13 Å². The molecule has 2 aromatic carbocycles. The maximum atomic E-state index is 4.53. The average molecular weight is 437 g/mol. The first-order chi connectivity index (χ1) is 10.7. The van der Waals surface area contributed by atoms with Crippen molar-refractivity contribution in [1.29, 1.82) is 0 Å². The van der Waals surface area contributed by atoms with Crippen molar-refractivity contribution in [1.82, 2.24) is 4.98 Å². The van der Waals surface area contributed by atoms with Gasteiger partial charge in [-0.2, -0.15) is 5.10 Å². The summed E-state index contributed by atoms with van der Waals surface area (Å²) in [5.41, 5.74) is 6.02. The molecular formula is C16H11Br2N3S. The first-order valence-electron chi connectivity index (χ1n) is 6.47. The third kappa shape index (κ3) is 4.03. The summed E-state index contributed by atoms with van der Waals surface area (Å²) in [6, 6.07) is 16.0. The Hall–Kier alpha value is -1.50. The smallest absolute Gasteiger partial charge is 0.203 e. The molecule has 0 saturated carbocycles. The Kier molecular flexibility index (Phi) is 5.02. The zero-order valence-electron chi connectivity index (χ0n) is 11.3. The zero-order valence-corrected chi connectivity index (χ0v) is 15.3. The van der Waals surface area contributed by atoms with E-state index < -0.39 is 0 Å². The van der Waals surface area contributed by atoms with Gasteiger partial charge in [0.15, 0.2) is 0 Å². The summed E-state index contributed by atoms with van der Waals surface area (Å²) in [7, 11) is 0. The van der Waals surface area contributed by atoms with Gasteiger partial charge < -0.3 is 0 Å². The monoisotopic (exact) mass is 435 g/mol. The number of nitrogens with zero attached hydrogens (tertiary/aromatic N) is 2. The first kappa shape index (κ1) is 15.4. The van der Waals surface area contributed by atoms with Gasteiger partial charge in [-0.25, -0.2) is 4.98 Å². The third-order valence-electron chi connectivity index (χ3n) is 2.89. The van der Waals surface area contributed by atoms with Gasteiger partial charge in [0.2, 0.25) is 5.13 Å². The summed E-state index contributed by atoms with van der Waals surface area (Å²) in [5.74, 6) is 0. The number of aromatic nitrogens is 1. The number of hydrogen-bond donors (Lipinski definition) is 1. The van der Waals surface area contributed by atoms with Gasteiger partial charge >= 0.3 is 0 Å². The molecule has 0 spiro atoms. The molecule has 0 atom stereocenters. The Labute approximate surface area is 149 Å². The van der Waals surface area contributed by atoms with E-state index in [0.717, 1.165) is 30.9 Å². The van der Waals surface area contributed by atoms with Crippen LogP contribution in [0.1, 0.15) is 5.56 Å². The number of hydrazone groups is 1. The van der Waals surface area contributed by atoms with Crippen molar-refractivity contribution in [2.45, 2.75) is 0 Å². The van der Waals surface area contributed by atoms with E-state index in [0.29, 0.717) is 0 Å². The number of anilines is 1. The molecule has 3 rings (SSSR count). The van der Waals surface area contributed by atoms with Crippen molar-refractivity contribution in [3.63, 3.8) is 0 Å². The Morgan fingerprint density at radius 3 is 2.27 bits per heavy atom. The van der Waals surface area contributed by atoms with Crippen LogP contribution in [0.5, 0.6) is 0 Å². The molecular weight excluding hydrogens is 426 g/mol. The van der Waals surface area contributed by atoms with Crippen molar-refractivity contribution in [3.05, 3.63) is 68.4 Å². The quantitative estimate of drug-likeness (QED) is 0.415. The van der Waals surface area contributed by atoms with Gasteiger partial charge in [0, 0.05) is 19.9 Å². The van der Waals surface area contributed by atoms with E-state index in [9.17, 15) is 0 Å². The van der Waals surface area contributed by atoms with E-state index in [1.807, 2.05) is 53.9 Å². The second kappa shape index (κ2) is 7.17. The molecule has 0 aliphatic heterocycles. The minimum Gasteiger partial charge on any atom is -0.253 e. The van der Waals surface area contributed by atoms with Crippen molar-refractivity contribution >= 4 is 54.5 Å². The number of thiazole rings is 1. The summed E-state index contributed by atoms with van der Waals surface area (Å²) < 4.78 is 2.11. The molecule has 0 aliphatic rings. The summed E-state index contributed by atoms with van der Waals surface area (Å²) >= 11 is 8.37. The molecule has 1 N–H and O–H groups in total. The number of nitrogens with one attached hydrogen (secondary N) is 1. The Morgan fingerprint density at radius 2 is 1.59 bits per heavy atom. The summed E-state index contributed by atoms with van der Waals surface area (Å²) in [5, 5.41) is 7.00. The van der Waals surface area contributed by atoms with Crippen LogP contribution in [0.3, 0.4) is 0 Å². The normalized spacial score (nSPS) is 11.0. The van der Waals surface area contributed by atoms with Crippen LogP contribution in [-0.4, -0.2) is 11.2 Å². The number of benzene rings is 2. The Morgan fingerprint density at radius 1 is 0.955 bits per heavy atom. The summed E-state index contributed by atoms with van der Waals surface area (Å²) in [6.07, 6.45) is 1.77. The van der Waals surface area contributed by atoms with Crippen molar-refractivity contribution in [3.8, 4) is 11.3 Å². The van der Waals surface area contributed by atoms with E-state index in [4.69, 9.17) is 0 Å². The van der Waals surface area contributed by atoms with E-state index in [1.54, 1.807) is 6.21 Å². The summed E-state index contributed by atoms with van der Waals surface area (Å²) in [4.78, 5) is 4.53. The minimum atomic E-state index is 0.770. The van der Waals surface area contributed by atoms with Crippen molar-refractivity contribution in [2.75, 3.05) is 5.43 Å². The second-order valence-electron chi connectivity index (χ2n) is 4.47. The van der Waals surface area contributed by atoms with E-state index in [2.05, 4.69) is 47.4 Å². The van der Waals surface area contributed by atoms with Crippen molar-refractivity contribution < 1.29 is 0 Å². The van der Waals surface area contributed by atoms with Crippen LogP contribution in [0.2, 0.25) is 0 Å². The number of halogens is 2. The lowest BCUT2D eigenvalue weighted by atomic mass is 10.2. The van der Waals surface area contributed by atoms with E-state index in [1.165, 1.54) is 11.3 Å². The molecule has 0 saturated heterocycles. The molecule has 110 valence electrons. The fourth-order valence-electron chi connectivity index (χ4n) is 1.79. The molecule has 0 amide bonds. The van der Waals surface area contributed by atoms with Gasteiger partial charge in [-0.3, -0.25) is 5.43 Å². The highest BCUT2D eigenvalue weighted by Gasteiger charge is 2.03. The van der Waals surface area contributed by atoms with Gasteiger partial charge in [0.1, 0.15) is 0 Å². The zero-order chi connectivity index (χ0) is 15.4. The molecule has 1 aromatic heterocycles.